The van der Waals surface area contributed by atoms with Crippen molar-refractivity contribution in [2.45, 2.75) is 6.42 Å². The number of methoxy groups -OCH3 is 4. The minimum Gasteiger partial charge on any atom is -0.493 e. The van der Waals surface area contributed by atoms with E-state index in [1.54, 1.807) is 24.3 Å². The Bertz CT molecular complexity index is 1180. The number of ether oxygens (including phenoxy) is 4. The third kappa shape index (κ3) is 4.93. The van der Waals surface area contributed by atoms with Gasteiger partial charge in [-0.05, 0) is 54.4 Å². The minimum absolute atomic E-state index is 0.0366. The predicted molar refractivity (Wildman–Crippen MR) is 119 cm³/mol. The van der Waals surface area contributed by atoms with Crippen LogP contribution in [0.25, 0.3) is 0 Å². The zero-order valence-corrected chi connectivity index (χ0v) is 18.7. The zero-order valence-electron chi connectivity index (χ0n) is 18.7. The summed E-state index contributed by atoms with van der Waals surface area (Å²) in [6.07, 6.45) is 0.121. The summed E-state index contributed by atoms with van der Waals surface area (Å²) in [7, 11) is 5.94. The van der Waals surface area contributed by atoms with Gasteiger partial charge in [0, 0.05) is 17.7 Å². The van der Waals surface area contributed by atoms with Gasteiger partial charge >= 0.3 is 0 Å². The minimum atomic E-state index is -0.419. The molecule has 0 aliphatic rings. The molecule has 0 amide bonds. The zero-order chi connectivity index (χ0) is 24.0. The van der Waals surface area contributed by atoms with Crippen LogP contribution in [-0.2, 0) is 6.42 Å². The lowest BCUT2D eigenvalue weighted by atomic mass is 9.99. The van der Waals surface area contributed by atoms with E-state index in [-0.39, 0.29) is 24.4 Å². The van der Waals surface area contributed by atoms with Crippen LogP contribution in [0.4, 0.5) is 0 Å². The van der Waals surface area contributed by atoms with E-state index in [0.717, 1.165) is 0 Å². The Morgan fingerprint density at radius 2 is 1.24 bits per heavy atom. The second-order valence-electron chi connectivity index (χ2n) is 6.87. The molecule has 172 valence electrons. The van der Waals surface area contributed by atoms with Crippen molar-refractivity contribution in [3.05, 3.63) is 70.5 Å². The third-order valence-electron chi connectivity index (χ3n) is 4.99. The number of benzene rings is 2. The number of rotatable bonds is 10. The number of aliphatic hydroxyl groups is 1. The molecule has 0 saturated carbocycles. The van der Waals surface area contributed by atoms with Crippen LogP contribution < -0.4 is 18.9 Å². The normalized spacial score (nSPS) is 10.5. The molecule has 0 fully saturated rings. The Balaban J connectivity index is 1.98. The van der Waals surface area contributed by atoms with E-state index < -0.39 is 11.6 Å². The van der Waals surface area contributed by atoms with Crippen LogP contribution in [0.2, 0.25) is 0 Å². The third-order valence-corrected chi connectivity index (χ3v) is 4.99. The van der Waals surface area contributed by atoms with Crippen LogP contribution in [0.5, 0.6) is 23.0 Å². The van der Waals surface area contributed by atoms with E-state index in [1.165, 1.54) is 46.6 Å². The largest absolute Gasteiger partial charge is 0.493 e. The molecule has 0 aliphatic carbocycles. The van der Waals surface area contributed by atoms with Gasteiger partial charge in [0.1, 0.15) is 11.4 Å². The van der Waals surface area contributed by atoms with Gasteiger partial charge in [-0.1, -0.05) is 0 Å². The van der Waals surface area contributed by atoms with Crippen LogP contribution in [-0.4, -0.2) is 61.9 Å². The molecule has 1 heterocycles. The van der Waals surface area contributed by atoms with Crippen LogP contribution >= 0.6 is 0 Å². The Kier molecular flexibility index (Phi) is 7.57. The first-order valence-electron chi connectivity index (χ1n) is 9.98. The second kappa shape index (κ2) is 10.6. The molecule has 1 N–H and O–H groups in total. The smallest absolute Gasteiger partial charge is 0.213 e. The summed E-state index contributed by atoms with van der Waals surface area (Å²) in [6.45, 7) is -0.234. The number of hydrogen-bond acceptors (Lipinski definition) is 9. The number of nitrogens with zero attached hydrogens (tertiary/aromatic N) is 2. The number of carbonyl (C=O) groups excluding carboxylic acids is 2. The average molecular weight is 452 g/mol. The van der Waals surface area contributed by atoms with Crippen molar-refractivity contribution in [2.75, 3.05) is 35.0 Å². The fourth-order valence-electron chi connectivity index (χ4n) is 3.28. The first kappa shape index (κ1) is 23.7. The highest BCUT2D eigenvalue weighted by molar-refractivity contribution is 6.10. The topological polar surface area (TPSA) is 117 Å². The fraction of sp³-hybridized carbons (Fsp3) is 0.250. The molecule has 0 radical (unpaired) electrons. The standard InChI is InChI=1S/C24H24N2O7/c1-30-18-7-5-15(12-20(18)32-3)23(28)17-11-14(9-10-27)22(26-25-17)24(29)16-6-8-19(31-2)21(13-16)33-4/h5-8,11-13,27H,9-10H2,1-4H3. The van der Waals surface area contributed by atoms with Crippen LogP contribution in [0.1, 0.15) is 37.7 Å². The Morgan fingerprint density at radius 3 is 1.73 bits per heavy atom. The Hall–Kier alpha value is -3.98. The van der Waals surface area contributed by atoms with E-state index in [4.69, 9.17) is 18.9 Å². The monoisotopic (exact) mass is 452 g/mol. The molecule has 0 unspecified atom stereocenters. The maximum absolute atomic E-state index is 13.1. The summed E-state index contributed by atoms with van der Waals surface area (Å²) in [5, 5.41) is 17.5. The maximum Gasteiger partial charge on any atom is 0.213 e. The summed E-state index contributed by atoms with van der Waals surface area (Å²) >= 11 is 0. The number of ketones is 2. The van der Waals surface area contributed by atoms with Crippen molar-refractivity contribution in [2.24, 2.45) is 0 Å². The summed E-state index contributed by atoms with van der Waals surface area (Å²) in [5.41, 5.74) is 1.10. The molecule has 9 heteroatoms. The van der Waals surface area contributed by atoms with Gasteiger partial charge in [0.05, 0.1) is 28.4 Å². The van der Waals surface area contributed by atoms with E-state index in [0.29, 0.717) is 39.7 Å². The lowest BCUT2D eigenvalue weighted by molar-refractivity contribution is 0.101. The predicted octanol–water partition coefficient (Wildman–Crippen LogP) is 2.51. The number of aromatic nitrogens is 2. The van der Waals surface area contributed by atoms with Gasteiger partial charge in [-0.25, -0.2) is 0 Å². The lowest BCUT2D eigenvalue weighted by Gasteiger charge is -2.11. The molecule has 0 spiro atoms. The van der Waals surface area contributed by atoms with Crippen LogP contribution in [0.15, 0.2) is 42.5 Å². The molecule has 2 aromatic carbocycles. The van der Waals surface area contributed by atoms with Gasteiger partial charge < -0.3 is 24.1 Å². The fourth-order valence-corrected chi connectivity index (χ4v) is 3.28. The highest BCUT2D eigenvalue weighted by Gasteiger charge is 2.22. The maximum atomic E-state index is 13.1. The first-order chi connectivity index (χ1) is 16.0. The quantitative estimate of drug-likeness (QED) is 0.463. The van der Waals surface area contributed by atoms with Gasteiger partial charge in [-0.15, -0.1) is 10.2 Å². The van der Waals surface area contributed by atoms with E-state index in [9.17, 15) is 14.7 Å². The van der Waals surface area contributed by atoms with Gasteiger partial charge in [0.2, 0.25) is 11.6 Å². The molecule has 33 heavy (non-hydrogen) atoms. The van der Waals surface area contributed by atoms with Crippen molar-refractivity contribution in [1.82, 2.24) is 10.2 Å². The highest BCUT2D eigenvalue weighted by atomic mass is 16.5. The van der Waals surface area contributed by atoms with Crippen molar-refractivity contribution in [3.63, 3.8) is 0 Å². The summed E-state index contributed by atoms with van der Waals surface area (Å²) in [4.78, 5) is 26.1. The van der Waals surface area contributed by atoms with E-state index in [2.05, 4.69) is 10.2 Å². The van der Waals surface area contributed by atoms with Gasteiger partial charge in [0.15, 0.2) is 23.0 Å². The summed E-state index contributed by atoms with van der Waals surface area (Å²) in [6, 6.07) is 10.9. The van der Waals surface area contributed by atoms with Crippen molar-refractivity contribution in [3.8, 4) is 23.0 Å². The molecule has 3 aromatic rings. The lowest BCUT2D eigenvalue weighted by Crippen LogP contribution is -2.15. The van der Waals surface area contributed by atoms with E-state index in [1.807, 2.05) is 0 Å². The van der Waals surface area contributed by atoms with Crippen molar-refractivity contribution >= 4 is 11.6 Å². The molecule has 1 aromatic heterocycles. The summed E-state index contributed by atoms with van der Waals surface area (Å²) in [5.74, 6) is 0.917. The molecule has 0 aliphatic heterocycles. The Labute approximate surface area is 190 Å². The number of carbonyl (C=O) groups is 2. The van der Waals surface area contributed by atoms with E-state index >= 15 is 0 Å². The molecular formula is C24H24N2O7. The van der Waals surface area contributed by atoms with Gasteiger partial charge in [-0.3, -0.25) is 9.59 Å². The highest BCUT2D eigenvalue weighted by Crippen LogP contribution is 2.30. The number of hydrogen-bond donors (Lipinski definition) is 1. The molecular weight excluding hydrogens is 428 g/mol. The molecule has 0 saturated heterocycles. The molecule has 9 nitrogen and oxygen atoms in total. The van der Waals surface area contributed by atoms with Gasteiger partial charge in [-0.2, -0.15) is 0 Å². The Morgan fingerprint density at radius 1 is 0.727 bits per heavy atom. The van der Waals surface area contributed by atoms with Crippen molar-refractivity contribution < 1.29 is 33.6 Å². The average Bonchev–Trinajstić information content (AvgIpc) is 2.87. The molecule has 0 bridgehead atoms. The van der Waals surface area contributed by atoms with Crippen molar-refractivity contribution in [1.29, 1.82) is 0 Å². The first-order valence-corrected chi connectivity index (χ1v) is 9.98. The number of aliphatic hydroxyl groups excluding tert-OH is 1. The second-order valence-corrected chi connectivity index (χ2v) is 6.87. The van der Waals surface area contributed by atoms with Crippen LogP contribution in [0.3, 0.4) is 0 Å². The SMILES string of the molecule is COc1ccc(C(=O)c2cc(CCO)c(C(=O)c3ccc(OC)c(OC)c3)nn2)cc1OC. The van der Waals surface area contributed by atoms with Gasteiger partial charge in [0.25, 0.3) is 0 Å². The van der Waals surface area contributed by atoms with Crippen LogP contribution in [0, 0.1) is 0 Å². The molecule has 3 rings (SSSR count). The summed E-state index contributed by atoms with van der Waals surface area (Å²) < 4.78 is 20.9. The molecule has 0 atom stereocenters.